The third-order valence-corrected chi connectivity index (χ3v) is 4.16. The summed E-state index contributed by atoms with van der Waals surface area (Å²) >= 11 is 0. The standard InChI is InChI=1S/C13H20N3O3S/c1-9(2)5-16-6-11-10(13(16,3)8-17)4-14-12(15-11)7-20(18)19/h4,17,20H,5-8H2,1-3H3. The summed E-state index contributed by atoms with van der Waals surface area (Å²) < 4.78 is 21.5. The Morgan fingerprint density at radius 3 is 2.75 bits per heavy atom. The van der Waals surface area contributed by atoms with Crippen LogP contribution in [0.5, 0.6) is 0 Å². The normalized spacial score (nSPS) is 22.7. The second-order valence-electron chi connectivity index (χ2n) is 5.63. The Labute approximate surface area is 120 Å². The van der Waals surface area contributed by atoms with Crippen molar-refractivity contribution in [3.05, 3.63) is 29.2 Å². The molecule has 1 atom stereocenters. The van der Waals surface area contributed by atoms with Gasteiger partial charge in [-0.2, -0.15) is 0 Å². The average Bonchev–Trinajstić information content (AvgIpc) is 2.61. The van der Waals surface area contributed by atoms with Crippen molar-refractivity contribution in [1.82, 2.24) is 14.9 Å². The lowest BCUT2D eigenvalue weighted by atomic mass is 9.95. The zero-order valence-corrected chi connectivity index (χ0v) is 12.9. The lowest BCUT2D eigenvalue weighted by Crippen LogP contribution is -2.42. The Balaban J connectivity index is 2.35. The molecule has 20 heavy (non-hydrogen) atoms. The van der Waals surface area contributed by atoms with Crippen molar-refractivity contribution in [1.29, 1.82) is 0 Å². The minimum atomic E-state index is -2.53. The van der Waals surface area contributed by atoms with Crippen LogP contribution in [-0.4, -0.2) is 41.5 Å². The van der Waals surface area contributed by atoms with Crippen LogP contribution < -0.4 is 0 Å². The maximum Gasteiger partial charge on any atom is 0.147 e. The van der Waals surface area contributed by atoms with Gasteiger partial charge in [0.05, 0.1) is 17.8 Å². The molecule has 0 amide bonds. The van der Waals surface area contributed by atoms with Gasteiger partial charge < -0.3 is 5.11 Å². The summed E-state index contributed by atoms with van der Waals surface area (Å²) in [6.45, 7) is 7.38. The van der Waals surface area contributed by atoms with Crippen LogP contribution in [0, 0.1) is 5.92 Å². The fourth-order valence-corrected chi connectivity index (χ4v) is 2.93. The van der Waals surface area contributed by atoms with Gasteiger partial charge in [-0.15, -0.1) is 0 Å². The van der Waals surface area contributed by atoms with E-state index >= 15 is 0 Å². The topological polar surface area (TPSA) is 83.4 Å². The van der Waals surface area contributed by atoms with Crippen LogP contribution in [0.3, 0.4) is 0 Å². The molecule has 1 aromatic rings. The number of aliphatic hydroxyl groups is 1. The Bertz CT molecular complexity index is 566. The van der Waals surface area contributed by atoms with Gasteiger partial charge in [0.25, 0.3) is 0 Å². The predicted molar refractivity (Wildman–Crippen MR) is 75.5 cm³/mol. The third kappa shape index (κ3) is 2.84. The number of thiol groups is 1. The molecule has 7 heteroatoms. The highest BCUT2D eigenvalue weighted by molar-refractivity contribution is 7.71. The maximum atomic E-state index is 10.8. The first-order chi connectivity index (χ1) is 9.36. The zero-order valence-electron chi connectivity index (χ0n) is 12.0. The van der Waals surface area contributed by atoms with Gasteiger partial charge in [0.15, 0.2) is 0 Å². The fourth-order valence-electron chi connectivity index (χ4n) is 2.54. The van der Waals surface area contributed by atoms with Crippen molar-refractivity contribution >= 4 is 10.7 Å². The van der Waals surface area contributed by atoms with Crippen molar-refractivity contribution in [2.75, 3.05) is 13.2 Å². The van der Waals surface area contributed by atoms with E-state index in [0.29, 0.717) is 12.4 Å². The highest BCUT2D eigenvalue weighted by Gasteiger charge is 2.42. The van der Waals surface area contributed by atoms with Gasteiger partial charge in [0.1, 0.15) is 22.3 Å². The first-order valence-electron chi connectivity index (χ1n) is 6.49. The highest BCUT2D eigenvalue weighted by atomic mass is 32.2. The van der Waals surface area contributed by atoms with Crippen LogP contribution in [0.4, 0.5) is 0 Å². The van der Waals surface area contributed by atoms with E-state index < -0.39 is 16.2 Å². The molecule has 1 aromatic heterocycles. The zero-order chi connectivity index (χ0) is 14.9. The molecule has 1 unspecified atom stereocenters. The number of nitrogens with zero attached hydrogens (tertiary/aromatic N) is 3. The smallest absolute Gasteiger partial charge is 0.147 e. The number of hydrogen-bond acceptors (Lipinski definition) is 6. The van der Waals surface area contributed by atoms with E-state index in [0.717, 1.165) is 17.8 Å². The summed E-state index contributed by atoms with van der Waals surface area (Å²) in [6.07, 6.45) is 1.65. The molecule has 0 fully saturated rings. The van der Waals surface area contributed by atoms with Crippen molar-refractivity contribution in [3.8, 4) is 0 Å². The van der Waals surface area contributed by atoms with Crippen LogP contribution in [-0.2, 0) is 28.5 Å². The SMILES string of the molecule is C[C](C)CN1Cc2nc(C[SH](=O)=O)ncc2C1(C)CO. The molecule has 0 bridgehead atoms. The van der Waals surface area contributed by atoms with Crippen molar-refractivity contribution in [2.24, 2.45) is 0 Å². The molecule has 0 saturated carbocycles. The summed E-state index contributed by atoms with van der Waals surface area (Å²) in [5.41, 5.74) is 1.18. The van der Waals surface area contributed by atoms with Gasteiger partial charge in [0, 0.05) is 24.8 Å². The minimum absolute atomic E-state index is 0.0220. The van der Waals surface area contributed by atoms with Gasteiger partial charge in [0.2, 0.25) is 0 Å². The minimum Gasteiger partial charge on any atom is -0.394 e. The van der Waals surface area contributed by atoms with Crippen LogP contribution in [0.1, 0.15) is 37.9 Å². The summed E-state index contributed by atoms with van der Waals surface area (Å²) in [6, 6.07) is 0. The highest BCUT2D eigenvalue weighted by Crippen LogP contribution is 2.38. The van der Waals surface area contributed by atoms with Gasteiger partial charge in [-0.05, 0) is 12.8 Å². The lowest BCUT2D eigenvalue weighted by Gasteiger charge is -2.34. The molecule has 1 radical (unpaired) electrons. The molecule has 0 aliphatic carbocycles. The quantitative estimate of drug-likeness (QED) is 0.757. The third-order valence-electron chi connectivity index (χ3n) is 3.62. The Morgan fingerprint density at radius 2 is 2.20 bits per heavy atom. The Kier molecular flexibility index (Phi) is 4.41. The first kappa shape index (κ1) is 15.3. The van der Waals surface area contributed by atoms with Gasteiger partial charge >= 0.3 is 0 Å². The molecule has 6 nitrogen and oxygen atoms in total. The molecule has 1 aliphatic rings. The second-order valence-corrected chi connectivity index (χ2v) is 6.61. The van der Waals surface area contributed by atoms with Crippen LogP contribution in [0.15, 0.2) is 6.20 Å². The van der Waals surface area contributed by atoms with Crippen molar-refractivity contribution in [2.45, 2.75) is 38.6 Å². The van der Waals surface area contributed by atoms with Crippen LogP contribution in [0.25, 0.3) is 0 Å². The number of rotatable bonds is 5. The molecule has 2 rings (SSSR count). The molecule has 1 aliphatic heterocycles. The fraction of sp³-hybridized carbons (Fsp3) is 0.615. The van der Waals surface area contributed by atoms with E-state index in [1.54, 1.807) is 6.20 Å². The second kappa shape index (κ2) is 5.75. The van der Waals surface area contributed by atoms with Gasteiger partial charge in [-0.3, -0.25) is 4.90 Å². The van der Waals surface area contributed by atoms with Gasteiger partial charge in [-0.1, -0.05) is 13.8 Å². The summed E-state index contributed by atoms with van der Waals surface area (Å²) in [5.74, 6) is 1.42. The van der Waals surface area contributed by atoms with E-state index in [1.165, 1.54) is 5.92 Å². The molecule has 0 aromatic carbocycles. The molecule has 0 saturated heterocycles. The number of aromatic nitrogens is 2. The van der Waals surface area contributed by atoms with Gasteiger partial charge in [-0.25, -0.2) is 18.4 Å². The average molecular weight is 298 g/mol. The van der Waals surface area contributed by atoms with Crippen LogP contribution >= 0.6 is 0 Å². The van der Waals surface area contributed by atoms with E-state index in [-0.39, 0.29) is 12.4 Å². The van der Waals surface area contributed by atoms with E-state index in [4.69, 9.17) is 0 Å². The molecular weight excluding hydrogens is 278 g/mol. The largest absolute Gasteiger partial charge is 0.394 e. The maximum absolute atomic E-state index is 10.8. The van der Waals surface area contributed by atoms with E-state index in [2.05, 4.69) is 14.9 Å². The molecule has 2 heterocycles. The molecule has 111 valence electrons. The molecule has 1 N–H and O–H groups in total. The molecule has 0 spiro atoms. The predicted octanol–water partition coefficient (Wildman–Crippen LogP) is 0.225. The van der Waals surface area contributed by atoms with Crippen LogP contribution in [0.2, 0.25) is 0 Å². The summed E-state index contributed by atoms with van der Waals surface area (Å²) in [4.78, 5) is 10.6. The summed E-state index contributed by atoms with van der Waals surface area (Å²) in [5, 5.41) is 9.77. The molecular formula is C13H20N3O3S. The number of hydrogen-bond donors (Lipinski definition) is 2. The van der Waals surface area contributed by atoms with Crippen molar-refractivity contribution < 1.29 is 13.5 Å². The van der Waals surface area contributed by atoms with E-state index in [9.17, 15) is 13.5 Å². The number of aliphatic hydroxyl groups excluding tert-OH is 1. The number of fused-ring (bicyclic) bond motifs is 1. The Hall–Kier alpha value is -1.05. The monoisotopic (exact) mass is 298 g/mol. The van der Waals surface area contributed by atoms with E-state index in [1.807, 2.05) is 20.8 Å². The lowest BCUT2D eigenvalue weighted by molar-refractivity contribution is 0.0563. The summed E-state index contributed by atoms with van der Waals surface area (Å²) in [7, 11) is -2.53. The first-order valence-corrected chi connectivity index (χ1v) is 7.85. The van der Waals surface area contributed by atoms with Crippen molar-refractivity contribution in [3.63, 3.8) is 0 Å². The Morgan fingerprint density at radius 1 is 1.50 bits per heavy atom.